The van der Waals surface area contributed by atoms with Gasteiger partial charge in [0.25, 0.3) is 0 Å². The number of thiazole rings is 1. The number of nitrogens with one attached hydrogen (secondary N) is 1. The van der Waals surface area contributed by atoms with Crippen LogP contribution in [0.4, 0.5) is 0 Å². The van der Waals surface area contributed by atoms with E-state index in [9.17, 15) is 4.79 Å². The summed E-state index contributed by atoms with van der Waals surface area (Å²) in [7, 11) is 1.67. The highest BCUT2D eigenvalue weighted by Crippen LogP contribution is 2.27. The largest absolute Gasteiger partial charge is 0.380 e. The molecule has 0 atom stereocenters. The van der Waals surface area contributed by atoms with Crippen molar-refractivity contribution in [2.24, 2.45) is 0 Å². The number of methoxy groups -OCH3 is 1. The number of carbonyl (C=O) groups is 1. The number of aromatic nitrogens is 1. The van der Waals surface area contributed by atoms with E-state index in [0.717, 1.165) is 26.7 Å². The third-order valence-corrected chi connectivity index (χ3v) is 5.45. The average molecular weight is 358 g/mol. The Morgan fingerprint density at radius 2 is 2.00 bits per heavy atom. The van der Waals surface area contributed by atoms with Crippen LogP contribution >= 0.6 is 22.7 Å². The normalized spacial score (nSPS) is 10.7. The van der Waals surface area contributed by atoms with Gasteiger partial charge in [-0.1, -0.05) is 30.3 Å². The summed E-state index contributed by atoms with van der Waals surface area (Å²) >= 11 is 3.23. The number of hydrogen-bond donors (Lipinski definition) is 1. The molecule has 0 aliphatic rings. The number of amides is 1. The fraction of sp³-hybridized carbons (Fsp3) is 0.222. The van der Waals surface area contributed by atoms with Crippen molar-refractivity contribution in [2.45, 2.75) is 19.6 Å². The van der Waals surface area contributed by atoms with Crippen LogP contribution in [0.15, 0.2) is 47.2 Å². The second-order valence-electron chi connectivity index (χ2n) is 5.28. The van der Waals surface area contributed by atoms with Crippen LogP contribution in [0, 0.1) is 0 Å². The first-order chi connectivity index (χ1) is 11.8. The molecule has 3 rings (SSSR count). The Kier molecular flexibility index (Phi) is 5.74. The van der Waals surface area contributed by atoms with E-state index in [4.69, 9.17) is 4.74 Å². The van der Waals surface area contributed by atoms with E-state index >= 15 is 0 Å². The molecule has 3 aromatic rings. The highest BCUT2D eigenvalue weighted by atomic mass is 32.1. The topological polar surface area (TPSA) is 51.2 Å². The summed E-state index contributed by atoms with van der Waals surface area (Å²) < 4.78 is 5.19. The van der Waals surface area contributed by atoms with Gasteiger partial charge in [0, 0.05) is 19.0 Å². The second-order valence-corrected chi connectivity index (χ2v) is 7.08. The minimum absolute atomic E-state index is 0.0229. The predicted octanol–water partition coefficient (Wildman–Crippen LogP) is 3.88. The van der Waals surface area contributed by atoms with Gasteiger partial charge in [0.1, 0.15) is 5.01 Å². The van der Waals surface area contributed by atoms with Gasteiger partial charge in [-0.15, -0.1) is 22.7 Å². The van der Waals surface area contributed by atoms with Crippen molar-refractivity contribution in [1.82, 2.24) is 10.3 Å². The lowest BCUT2D eigenvalue weighted by atomic mass is 10.1. The van der Waals surface area contributed by atoms with Crippen molar-refractivity contribution in [3.8, 4) is 9.88 Å². The summed E-state index contributed by atoms with van der Waals surface area (Å²) in [5.41, 5.74) is 2.98. The molecule has 0 aliphatic carbocycles. The zero-order chi connectivity index (χ0) is 16.8. The molecule has 1 N–H and O–H groups in total. The van der Waals surface area contributed by atoms with Gasteiger partial charge in [-0.25, -0.2) is 4.98 Å². The van der Waals surface area contributed by atoms with Gasteiger partial charge in [0.05, 0.1) is 23.6 Å². The molecule has 1 aromatic carbocycles. The van der Waals surface area contributed by atoms with E-state index in [1.165, 1.54) is 0 Å². The molecule has 0 radical (unpaired) electrons. The van der Waals surface area contributed by atoms with Crippen LogP contribution in [-0.4, -0.2) is 18.0 Å². The first-order valence-electron chi connectivity index (χ1n) is 7.57. The molecule has 0 fully saturated rings. The fourth-order valence-electron chi connectivity index (χ4n) is 2.35. The van der Waals surface area contributed by atoms with Crippen LogP contribution in [-0.2, 0) is 29.1 Å². The molecule has 124 valence electrons. The van der Waals surface area contributed by atoms with E-state index in [2.05, 4.69) is 10.3 Å². The zero-order valence-electron chi connectivity index (χ0n) is 13.3. The quantitative estimate of drug-likeness (QED) is 0.697. The Labute approximate surface area is 149 Å². The third-order valence-electron chi connectivity index (χ3n) is 3.52. The number of nitrogens with zero attached hydrogens (tertiary/aromatic N) is 1. The van der Waals surface area contributed by atoms with E-state index < -0.39 is 0 Å². The minimum atomic E-state index is -0.0229. The van der Waals surface area contributed by atoms with Gasteiger partial charge in [-0.3, -0.25) is 4.79 Å². The zero-order valence-corrected chi connectivity index (χ0v) is 15.0. The Morgan fingerprint density at radius 3 is 2.75 bits per heavy atom. The van der Waals surface area contributed by atoms with Crippen molar-refractivity contribution in [3.63, 3.8) is 0 Å². The number of ether oxygens (including phenoxy) is 1. The first-order valence-corrected chi connectivity index (χ1v) is 9.33. The predicted molar refractivity (Wildman–Crippen MR) is 98.1 cm³/mol. The third kappa shape index (κ3) is 4.29. The molecule has 0 saturated heterocycles. The van der Waals surface area contributed by atoms with Crippen molar-refractivity contribution in [1.29, 1.82) is 0 Å². The molecule has 2 aromatic heterocycles. The Morgan fingerprint density at radius 1 is 1.17 bits per heavy atom. The molecule has 6 heteroatoms. The highest BCUT2D eigenvalue weighted by molar-refractivity contribution is 7.20. The van der Waals surface area contributed by atoms with Crippen LogP contribution in [0.1, 0.15) is 16.8 Å². The van der Waals surface area contributed by atoms with Crippen LogP contribution in [0.3, 0.4) is 0 Å². The van der Waals surface area contributed by atoms with Gasteiger partial charge < -0.3 is 10.1 Å². The molecule has 1 amide bonds. The van der Waals surface area contributed by atoms with Crippen LogP contribution in [0.5, 0.6) is 0 Å². The molecule has 2 heterocycles. The van der Waals surface area contributed by atoms with Gasteiger partial charge in [0.2, 0.25) is 5.91 Å². The number of hydrogen-bond acceptors (Lipinski definition) is 5. The van der Waals surface area contributed by atoms with E-state index in [1.807, 2.05) is 47.2 Å². The number of carbonyl (C=O) groups excluding carboxylic acids is 1. The van der Waals surface area contributed by atoms with Crippen LogP contribution in [0.25, 0.3) is 9.88 Å². The maximum absolute atomic E-state index is 12.2. The first kappa shape index (κ1) is 16.8. The minimum Gasteiger partial charge on any atom is -0.380 e. The summed E-state index contributed by atoms with van der Waals surface area (Å²) in [4.78, 5) is 17.9. The van der Waals surface area contributed by atoms with Crippen molar-refractivity contribution >= 4 is 28.6 Å². The second kappa shape index (κ2) is 8.19. The number of thiophene rings is 1. The average Bonchev–Trinajstić information content (AvgIpc) is 3.25. The Bertz CT molecular complexity index is 797. The fourth-order valence-corrected chi connectivity index (χ4v) is 3.98. The molecule has 0 unspecified atom stereocenters. The molecule has 4 nitrogen and oxygen atoms in total. The van der Waals surface area contributed by atoms with Gasteiger partial charge in [0.15, 0.2) is 0 Å². The summed E-state index contributed by atoms with van der Waals surface area (Å²) in [6, 6.07) is 12.0. The molecule has 0 aliphatic heterocycles. The Hall–Kier alpha value is -2.02. The molecule has 0 saturated carbocycles. The lowest BCUT2D eigenvalue weighted by Crippen LogP contribution is -2.25. The van der Waals surface area contributed by atoms with E-state index in [0.29, 0.717) is 19.6 Å². The van der Waals surface area contributed by atoms with E-state index in [-0.39, 0.29) is 5.91 Å². The molecular formula is C18H18N2O2S2. The van der Waals surface area contributed by atoms with E-state index in [1.54, 1.807) is 29.8 Å². The number of rotatable bonds is 7. The van der Waals surface area contributed by atoms with Crippen LogP contribution < -0.4 is 5.32 Å². The smallest absolute Gasteiger partial charge is 0.226 e. The standard InChI is InChI=1S/C18H18N2O2S2/c1-22-11-14-6-3-2-5-13(14)10-19-17(21)9-15-12-24-18(20-15)16-7-4-8-23-16/h2-8,12H,9-11H2,1H3,(H,19,21). The lowest BCUT2D eigenvalue weighted by Gasteiger charge is -2.09. The molecule has 0 bridgehead atoms. The van der Waals surface area contributed by atoms with Crippen molar-refractivity contribution in [3.05, 3.63) is 64.0 Å². The van der Waals surface area contributed by atoms with Gasteiger partial charge >= 0.3 is 0 Å². The summed E-state index contributed by atoms with van der Waals surface area (Å²) in [5, 5.41) is 7.91. The highest BCUT2D eigenvalue weighted by Gasteiger charge is 2.10. The monoisotopic (exact) mass is 358 g/mol. The Balaban J connectivity index is 1.57. The lowest BCUT2D eigenvalue weighted by molar-refractivity contribution is -0.120. The summed E-state index contributed by atoms with van der Waals surface area (Å²) in [5.74, 6) is -0.0229. The number of benzene rings is 1. The van der Waals surface area contributed by atoms with Crippen molar-refractivity contribution in [2.75, 3.05) is 7.11 Å². The maximum Gasteiger partial charge on any atom is 0.226 e. The van der Waals surface area contributed by atoms with Gasteiger partial charge in [-0.05, 0) is 22.6 Å². The molecular weight excluding hydrogens is 340 g/mol. The van der Waals surface area contributed by atoms with Crippen molar-refractivity contribution < 1.29 is 9.53 Å². The van der Waals surface area contributed by atoms with Crippen LogP contribution in [0.2, 0.25) is 0 Å². The maximum atomic E-state index is 12.2. The summed E-state index contributed by atoms with van der Waals surface area (Å²) in [6.45, 7) is 1.04. The summed E-state index contributed by atoms with van der Waals surface area (Å²) in [6.07, 6.45) is 0.300. The molecule has 0 spiro atoms. The SMILES string of the molecule is COCc1ccccc1CNC(=O)Cc1csc(-c2cccs2)n1. The molecule has 24 heavy (non-hydrogen) atoms. The van der Waals surface area contributed by atoms with Gasteiger partial charge in [-0.2, -0.15) is 0 Å².